The summed E-state index contributed by atoms with van der Waals surface area (Å²) in [5, 5.41) is 0.935. The molecule has 0 bridgehead atoms. The summed E-state index contributed by atoms with van der Waals surface area (Å²) in [5.41, 5.74) is 0.909. The molecule has 0 fully saturated rings. The van der Waals surface area contributed by atoms with E-state index in [1.807, 2.05) is 46.7 Å². The molecule has 1 aromatic heterocycles. The van der Waals surface area contributed by atoms with Crippen LogP contribution in [0.2, 0.25) is 0 Å². The fourth-order valence-electron chi connectivity index (χ4n) is 1.62. The first kappa shape index (κ1) is 14.2. The van der Waals surface area contributed by atoms with Crippen molar-refractivity contribution >= 4 is 49.3 Å². The van der Waals surface area contributed by atoms with Crippen LogP contribution in [0.4, 0.5) is 5.13 Å². The molecule has 2 aromatic rings. The minimum absolute atomic E-state index is 0.664. The Kier molecular flexibility index (Phi) is 4.71. The Balaban J connectivity index is 2.41. The summed E-state index contributed by atoms with van der Waals surface area (Å²) in [6.45, 7) is 0.664. The number of hydrogen-bond acceptors (Lipinski definition) is 5. The average Bonchev–Trinajstić information content (AvgIpc) is 2.85. The van der Waals surface area contributed by atoms with Crippen molar-refractivity contribution in [3.63, 3.8) is 0 Å². The van der Waals surface area contributed by atoms with Crippen LogP contribution in [0.25, 0.3) is 10.2 Å². The molecule has 0 saturated carbocycles. The van der Waals surface area contributed by atoms with Gasteiger partial charge in [-0.25, -0.2) is 4.98 Å². The van der Waals surface area contributed by atoms with Crippen LogP contribution in [-0.4, -0.2) is 32.8 Å². The van der Waals surface area contributed by atoms with Crippen LogP contribution in [0.1, 0.15) is 0 Å². The number of thiazole rings is 1. The van der Waals surface area contributed by atoms with E-state index in [2.05, 4.69) is 14.8 Å². The molecule has 0 spiro atoms. The maximum atomic E-state index is 5.30. The van der Waals surface area contributed by atoms with Crippen LogP contribution in [0, 0.1) is 9.85 Å². The molecule has 19 heavy (non-hydrogen) atoms. The molecule has 100 valence electrons. The van der Waals surface area contributed by atoms with E-state index in [1.54, 1.807) is 25.6 Å². The molecule has 0 saturated heterocycles. The Morgan fingerprint density at radius 2 is 2.00 bits per heavy atom. The van der Waals surface area contributed by atoms with Crippen LogP contribution in [0.5, 0.6) is 11.5 Å². The van der Waals surface area contributed by atoms with Crippen molar-refractivity contribution in [3.05, 3.63) is 12.1 Å². The van der Waals surface area contributed by atoms with Gasteiger partial charge in [0.05, 0.1) is 31.0 Å². The molecule has 1 aromatic carbocycles. The number of rotatable bonds is 4. The fraction of sp³-hybridized carbons (Fsp3) is 0.308. The van der Waals surface area contributed by atoms with Crippen molar-refractivity contribution < 1.29 is 9.47 Å². The van der Waals surface area contributed by atoms with E-state index in [-0.39, 0.29) is 0 Å². The van der Waals surface area contributed by atoms with Gasteiger partial charge in [0.15, 0.2) is 16.6 Å². The van der Waals surface area contributed by atoms with E-state index in [0.717, 1.165) is 21.1 Å². The van der Waals surface area contributed by atoms with Gasteiger partial charge in [-0.3, -0.25) is 0 Å². The van der Waals surface area contributed by atoms with Crippen molar-refractivity contribution in [2.24, 2.45) is 0 Å². The lowest BCUT2D eigenvalue weighted by Crippen LogP contribution is -2.16. The van der Waals surface area contributed by atoms with Gasteiger partial charge in [-0.15, -0.1) is 0 Å². The van der Waals surface area contributed by atoms with E-state index in [1.165, 1.54) is 0 Å². The Hall–Kier alpha value is -1.20. The standard InChI is InChI=1S/C13H13IN2O2S/c1-16(6-4-5-14)13-15-9-7-10(17-2)11(18-3)8-12(9)19-13/h7-8H,6H2,1-3H3. The second-order valence-corrected chi connectivity index (χ2v) is 5.35. The van der Waals surface area contributed by atoms with Crippen LogP contribution >= 0.6 is 33.9 Å². The Morgan fingerprint density at radius 1 is 1.32 bits per heavy atom. The first-order valence-corrected chi connectivity index (χ1v) is 7.41. The van der Waals surface area contributed by atoms with Gasteiger partial charge in [0.25, 0.3) is 0 Å². The third-order valence-electron chi connectivity index (χ3n) is 2.59. The summed E-state index contributed by atoms with van der Waals surface area (Å²) in [6.07, 6.45) is 0. The summed E-state index contributed by atoms with van der Waals surface area (Å²) in [7, 11) is 5.24. The molecule has 0 atom stereocenters. The number of aromatic nitrogens is 1. The van der Waals surface area contributed by atoms with Gasteiger partial charge in [-0.1, -0.05) is 17.3 Å². The molecular weight excluding hydrogens is 375 g/mol. The number of anilines is 1. The molecule has 0 aliphatic carbocycles. The van der Waals surface area contributed by atoms with Crippen molar-refractivity contribution in [1.82, 2.24) is 4.98 Å². The molecule has 0 amide bonds. The monoisotopic (exact) mass is 388 g/mol. The average molecular weight is 388 g/mol. The summed E-state index contributed by atoms with van der Waals surface area (Å²) in [4.78, 5) is 6.61. The largest absolute Gasteiger partial charge is 0.493 e. The van der Waals surface area contributed by atoms with E-state index < -0.39 is 0 Å². The molecule has 0 aliphatic heterocycles. The molecule has 0 unspecified atom stereocenters. The number of hydrogen-bond donors (Lipinski definition) is 0. The Morgan fingerprint density at radius 3 is 2.63 bits per heavy atom. The van der Waals surface area contributed by atoms with Crippen LogP contribution in [0.3, 0.4) is 0 Å². The van der Waals surface area contributed by atoms with Crippen molar-refractivity contribution in [3.8, 4) is 21.3 Å². The first-order chi connectivity index (χ1) is 9.19. The Labute approximate surface area is 129 Å². The number of ether oxygens (including phenoxy) is 2. The van der Waals surface area contributed by atoms with Gasteiger partial charge in [-0.2, -0.15) is 0 Å². The van der Waals surface area contributed by atoms with Gasteiger partial charge in [0, 0.05) is 41.8 Å². The lowest BCUT2D eigenvalue weighted by Gasteiger charge is -2.10. The summed E-state index contributed by atoms with van der Waals surface area (Å²) >= 11 is 3.65. The maximum absolute atomic E-state index is 5.30. The second kappa shape index (κ2) is 6.30. The molecule has 0 radical (unpaired) electrons. The highest BCUT2D eigenvalue weighted by atomic mass is 127. The van der Waals surface area contributed by atoms with E-state index in [0.29, 0.717) is 12.3 Å². The number of halogens is 1. The molecule has 4 nitrogen and oxygen atoms in total. The normalized spacial score (nSPS) is 9.89. The van der Waals surface area contributed by atoms with Gasteiger partial charge in [0.1, 0.15) is 0 Å². The highest BCUT2D eigenvalue weighted by Gasteiger charge is 2.12. The molecular formula is C13H13IN2O2S. The van der Waals surface area contributed by atoms with Gasteiger partial charge in [-0.05, 0) is 3.93 Å². The molecule has 2 rings (SSSR count). The quantitative estimate of drug-likeness (QED) is 0.596. The highest BCUT2D eigenvalue weighted by Crippen LogP contribution is 2.36. The number of benzene rings is 1. The zero-order chi connectivity index (χ0) is 13.8. The third kappa shape index (κ3) is 3.04. The molecule has 6 heteroatoms. The SMILES string of the molecule is COc1cc2nc(N(C)CC#CI)sc2cc1OC. The molecule has 0 N–H and O–H groups in total. The minimum atomic E-state index is 0.664. The van der Waals surface area contributed by atoms with Gasteiger partial charge < -0.3 is 14.4 Å². The number of methoxy groups -OCH3 is 2. The minimum Gasteiger partial charge on any atom is -0.493 e. The van der Waals surface area contributed by atoms with Crippen LogP contribution in [-0.2, 0) is 0 Å². The number of nitrogens with zero attached hydrogens (tertiary/aromatic N) is 2. The van der Waals surface area contributed by atoms with Crippen molar-refractivity contribution in [2.75, 3.05) is 32.7 Å². The van der Waals surface area contributed by atoms with Crippen LogP contribution < -0.4 is 14.4 Å². The first-order valence-electron chi connectivity index (χ1n) is 5.51. The van der Waals surface area contributed by atoms with E-state index >= 15 is 0 Å². The summed E-state index contributed by atoms with van der Waals surface area (Å²) in [6, 6.07) is 3.85. The van der Waals surface area contributed by atoms with Crippen molar-refractivity contribution in [1.29, 1.82) is 0 Å². The van der Waals surface area contributed by atoms with E-state index in [9.17, 15) is 0 Å². The van der Waals surface area contributed by atoms with Gasteiger partial charge in [0.2, 0.25) is 0 Å². The van der Waals surface area contributed by atoms with Crippen LogP contribution in [0.15, 0.2) is 12.1 Å². The fourth-order valence-corrected chi connectivity index (χ4v) is 2.73. The third-order valence-corrected chi connectivity index (χ3v) is 4.11. The predicted molar refractivity (Wildman–Crippen MR) is 87.8 cm³/mol. The van der Waals surface area contributed by atoms with E-state index in [4.69, 9.17) is 9.47 Å². The number of fused-ring (bicyclic) bond motifs is 1. The molecule has 1 heterocycles. The zero-order valence-electron chi connectivity index (χ0n) is 10.9. The zero-order valence-corrected chi connectivity index (χ0v) is 13.8. The smallest absolute Gasteiger partial charge is 0.186 e. The summed E-state index contributed by atoms with van der Waals surface area (Å²) in [5.74, 6) is 4.43. The van der Waals surface area contributed by atoms with Gasteiger partial charge >= 0.3 is 0 Å². The summed E-state index contributed by atoms with van der Waals surface area (Å²) < 4.78 is 14.5. The highest BCUT2D eigenvalue weighted by molar-refractivity contribution is 14.1. The lowest BCUT2D eigenvalue weighted by atomic mass is 10.3. The Bertz CT molecular complexity index is 604. The molecule has 0 aliphatic rings. The lowest BCUT2D eigenvalue weighted by molar-refractivity contribution is 0.356. The van der Waals surface area contributed by atoms with Crippen molar-refractivity contribution in [2.45, 2.75) is 0 Å². The second-order valence-electron chi connectivity index (χ2n) is 3.80. The topological polar surface area (TPSA) is 34.6 Å². The predicted octanol–water partition coefficient (Wildman–Crippen LogP) is 3.15. The maximum Gasteiger partial charge on any atom is 0.186 e.